The number of nitrogens with two attached hydrogens (primary N) is 1. The molecule has 7 heteroatoms. The summed E-state index contributed by atoms with van der Waals surface area (Å²) in [6.45, 7) is 7.50. The Balaban J connectivity index is 2.03. The van der Waals surface area contributed by atoms with Crippen molar-refractivity contribution in [2.45, 2.75) is 26.7 Å². The van der Waals surface area contributed by atoms with Crippen LogP contribution >= 0.6 is 22.7 Å². The van der Waals surface area contributed by atoms with E-state index in [0.717, 1.165) is 45.5 Å². The second kappa shape index (κ2) is 7.72. The molecule has 2 aromatic heterocycles. The van der Waals surface area contributed by atoms with Crippen molar-refractivity contribution in [3.8, 4) is 0 Å². The number of anilines is 1. The Morgan fingerprint density at radius 2 is 2.10 bits per heavy atom. The highest BCUT2D eigenvalue weighted by atomic mass is 32.1. The van der Waals surface area contributed by atoms with Gasteiger partial charge < -0.3 is 16.0 Å². The zero-order valence-corrected chi connectivity index (χ0v) is 14.1. The van der Waals surface area contributed by atoms with Gasteiger partial charge in [0.05, 0.1) is 9.58 Å². The number of thiazole rings is 1. The first kappa shape index (κ1) is 16.2. The van der Waals surface area contributed by atoms with Gasteiger partial charge in [0, 0.05) is 19.6 Å². The van der Waals surface area contributed by atoms with E-state index < -0.39 is 0 Å². The zero-order valence-electron chi connectivity index (χ0n) is 12.5. The topological polar surface area (TPSA) is 71.2 Å². The third-order valence-electron chi connectivity index (χ3n) is 3.25. The second-order valence-corrected chi connectivity index (χ2v) is 6.74. The fourth-order valence-electron chi connectivity index (χ4n) is 2.02. The molecule has 0 unspecified atom stereocenters. The Labute approximate surface area is 133 Å². The van der Waals surface area contributed by atoms with Crippen LogP contribution in [0.15, 0.2) is 6.07 Å². The highest BCUT2D eigenvalue weighted by molar-refractivity contribution is 7.29. The lowest BCUT2D eigenvalue weighted by Gasteiger charge is -2.16. The summed E-state index contributed by atoms with van der Waals surface area (Å²) < 4.78 is 1.09. The van der Waals surface area contributed by atoms with Crippen LogP contribution in [-0.2, 0) is 0 Å². The molecule has 0 fully saturated rings. The predicted octanol–water partition coefficient (Wildman–Crippen LogP) is 2.67. The molecular formula is C14H22N4OS2. The highest BCUT2D eigenvalue weighted by Crippen LogP contribution is 2.34. The number of carbonyl (C=O) groups excluding carboxylic acids is 1. The summed E-state index contributed by atoms with van der Waals surface area (Å²) in [5, 5.41) is 3.96. The summed E-state index contributed by atoms with van der Waals surface area (Å²) >= 11 is 3.12. The molecule has 0 aliphatic rings. The van der Waals surface area contributed by atoms with Crippen molar-refractivity contribution < 1.29 is 4.79 Å². The van der Waals surface area contributed by atoms with Crippen LogP contribution in [0, 0.1) is 0 Å². The van der Waals surface area contributed by atoms with Gasteiger partial charge in [0.1, 0.15) is 4.83 Å². The minimum absolute atomic E-state index is 0.00777. The molecule has 0 saturated heterocycles. The third-order valence-corrected chi connectivity index (χ3v) is 5.47. The number of nitrogens with zero attached hydrogens (tertiary/aromatic N) is 2. The lowest BCUT2D eigenvalue weighted by molar-refractivity contribution is 0.0957. The van der Waals surface area contributed by atoms with Crippen LogP contribution in [0.1, 0.15) is 36.4 Å². The molecule has 0 spiro atoms. The molecule has 0 aromatic carbocycles. The minimum atomic E-state index is -0.00777. The standard InChI is InChI=1S/C14H22N4OS2/c1-3-18(4-2)14-17-13-11(21-14)9-10(20-13)12(19)16-8-6-5-7-15/h9H,3-8,15H2,1-2H3,(H,16,19). The normalized spacial score (nSPS) is 11.0. The predicted molar refractivity (Wildman–Crippen MR) is 91.7 cm³/mol. The van der Waals surface area contributed by atoms with E-state index in [9.17, 15) is 4.79 Å². The molecule has 1 amide bonds. The Morgan fingerprint density at radius 1 is 1.33 bits per heavy atom. The molecule has 0 radical (unpaired) electrons. The van der Waals surface area contributed by atoms with E-state index in [1.807, 2.05) is 6.07 Å². The number of nitrogens with one attached hydrogen (secondary N) is 1. The maximum atomic E-state index is 12.0. The van der Waals surface area contributed by atoms with E-state index in [1.54, 1.807) is 11.3 Å². The van der Waals surface area contributed by atoms with Gasteiger partial charge in [-0.2, -0.15) is 0 Å². The molecule has 5 nitrogen and oxygen atoms in total. The Morgan fingerprint density at radius 3 is 2.71 bits per heavy atom. The number of carbonyl (C=O) groups is 1. The van der Waals surface area contributed by atoms with Crippen LogP contribution in [0.5, 0.6) is 0 Å². The van der Waals surface area contributed by atoms with Gasteiger partial charge in [-0.25, -0.2) is 4.98 Å². The van der Waals surface area contributed by atoms with Gasteiger partial charge in [0.25, 0.3) is 5.91 Å². The summed E-state index contributed by atoms with van der Waals surface area (Å²) in [4.78, 5) is 20.6. The highest BCUT2D eigenvalue weighted by Gasteiger charge is 2.15. The molecule has 0 saturated carbocycles. The van der Waals surface area contributed by atoms with E-state index in [0.29, 0.717) is 13.1 Å². The van der Waals surface area contributed by atoms with Crippen LogP contribution < -0.4 is 16.0 Å². The van der Waals surface area contributed by atoms with Gasteiger partial charge in [-0.3, -0.25) is 4.79 Å². The maximum Gasteiger partial charge on any atom is 0.261 e. The number of rotatable bonds is 8. The van der Waals surface area contributed by atoms with Gasteiger partial charge in [0.15, 0.2) is 5.13 Å². The smallest absolute Gasteiger partial charge is 0.261 e. The zero-order chi connectivity index (χ0) is 15.2. The van der Waals surface area contributed by atoms with Gasteiger partial charge >= 0.3 is 0 Å². The molecule has 21 heavy (non-hydrogen) atoms. The first-order valence-electron chi connectivity index (χ1n) is 7.33. The van der Waals surface area contributed by atoms with Crippen molar-refractivity contribution in [2.75, 3.05) is 31.1 Å². The van der Waals surface area contributed by atoms with Crippen molar-refractivity contribution in [1.82, 2.24) is 10.3 Å². The van der Waals surface area contributed by atoms with Gasteiger partial charge in [0.2, 0.25) is 0 Å². The molecule has 2 heterocycles. The van der Waals surface area contributed by atoms with Gasteiger partial charge in [-0.1, -0.05) is 11.3 Å². The average Bonchev–Trinajstić information content (AvgIpc) is 3.03. The molecule has 2 rings (SSSR count). The molecular weight excluding hydrogens is 304 g/mol. The number of unbranched alkanes of at least 4 members (excludes halogenated alkanes) is 1. The van der Waals surface area contributed by atoms with Crippen LogP contribution in [0.4, 0.5) is 5.13 Å². The monoisotopic (exact) mass is 326 g/mol. The van der Waals surface area contributed by atoms with E-state index in [-0.39, 0.29) is 5.91 Å². The summed E-state index contributed by atoms with van der Waals surface area (Å²) in [5.41, 5.74) is 5.43. The molecule has 0 bridgehead atoms. The molecule has 116 valence electrons. The molecule has 0 aliphatic carbocycles. The maximum absolute atomic E-state index is 12.0. The summed E-state index contributed by atoms with van der Waals surface area (Å²) in [7, 11) is 0. The summed E-state index contributed by atoms with van der Waals surface area (Å²) in [5.74, 6) is -0.00777. The minimum Gasteiger partial charge on any atom is -0.351 e. The van der Waals surface area contributed by atoms with Gasteiger partial charge in [-0.15, -0.1) is 11.3 Å². The van der Waals surface area contributed by atoms with Crippen LogP contribution in [0.2, 0.25) is 0 Å². The summed E-state index contributed by atoms with van der Waals surface area (Å²) in [6, 6.07) is 1.95. The number of fused-ring (bicyclic) bond motifs is 1. The molecule has 3 N–H and O–H groups in total. The van der Waals surface area contributed by atoms with Crippen molar-refractivity contribution in [3.63, 3.8) is 0 Å². The quantitative estimate of drug-likeness (QED) is 0.732. The first-order chi connectivity index (χ1) is 10.2. The van der Waals surface area contributed by atoms with Crippen molar-refractivity contribution in [3.05, 3.63) is 10.9 Å². The first-order valence-corrected chi connectivity index (χ1v) is 8.96. The van der Waals surface area contributed by atoms with Crippen molar-refractivity contribution in [1.29, 1.82) is 0 Å². The number of amides is 1. The lowest BCUT2D eigenvalue weighted by Crippen LogP contribution is -2.24. The van der Waals surface area contributed by atoms with E-state index in [1.165, 1.54) is 11.3 Å². The number of thiophene rings is 1. The average molecular weight is 326 g/mol. The number of aromatic nitrogens is 1. The van der Waals surface area contributed by atoms with E-state index in [4.69, 9.17) is 5.73 Å². The summed E-state index contributed by atoms with van der Waals surface area (Å²) in [6.07, 6.45) is 1.86. The number of hydrogen-bond donors (Lipinski definition) is 2. The molecule has 0 aliphatic heterocycles. The largest absolute Gasteiger partial charge is 0.351 e. The fourth-order valence-corrected chi connectivity index (χ4v) is 4.28. The Kier molecular flexibility index (Phi) is 5.96. The van der Waals surface area contributed by atoms with Crippen molar-refractivity contribution in [2.24, 2.45) is 5.73 Å². The fraction of sp³-hybridized carbons (Fsp3) is 0.571. The van der Waals surface area contributed by atoms with Crippen LogP contribution in [0.3, 0.4) is 0 Å². The molecule has 0 atom stereocenters. The Bertz CT molecular complexity index is 557. The van der Waals surface area contributed by atoms with Crippen LogP contribution in [-0.4, -0.2) is 37.1 Å². The van der Waals surface area contributed by atoms with Crippen molar-refractivity contribution >= 4 is 43.2 Å². The third kappa shape index (κ3) is 3.93. The van der Waals surface area contributed by atoms with Crippen LogP contribution in [0.25, 0.3) is 9.53 Å². The lowest BCUT2D eigenvalue weighted by atomic mass is 10.3. The van der Waals surface area contributed by atoms with E-state index in [2.05, 4.69) is 29.0 Å². The number of hydrogen-bond acceptors (Lipinski definition) is 6. The second-order valence-electron chi connectivity index (χ2n) is 4.70. The van der Waals surface area contributed by atoms with E-state index >= 15 is 0 Å². The SMILES string of the molecule is CCN(CC)c1nc2sc(C(=O)NCCCCN)cc2s1. The molecule has 2 aromatic rings. The Hall–Kier alpha value is -1.18. The van der Waals surface area contributed by atoms with Gasteiger partial charge in [-0.05, 0) is 39.3 Å².